The van der Waals surface area contributed by atoms with E-state index in [1.165, 1.54) is 12.8 Å². The second-order valence-corrected chi connectivity index (χ2v) is 5.86. The van der Waals surface area contributed by atoms with Crippen molar-refractivity contribution in [3.8, 4) is 0 Å². The first kappa shape index (κ1) is 12.0. The highest BCUT2D eigenvalue weighted by Crippen LogP contribution is 2.36. The molecule has 1 fully saturated rings. The Kier molecular flexibility index (Phi) is 4.43. The summed E-state index contributed by atoms with van der Waals surface area (Å²) in [5, 5.41) is 9.81. The summed E-state index contributed by atoms with van der Waals surface area (Å²) in [6.07, 6.45) is 4.68. The number of hydrogen-bond acceptors (Lipinski definition) is 1. The molecule has 2 unspecified atom stereocenters. The van der Waals surface area contributed by atoms with Crippen LogP contribution in [-0.2, 0) is 0 Å². The van der Waals surface area contributed by atoms with Gasteiger partial charge in [-0.15, -0.1) is 0 Å². The minimum atomic E-state index is -0.0279. The highest BCUT2D eigenvalue weighted by Gasteiger charge is 2.29. The first-order chi connectivity index (χ1) is 6.49. The van der Waals surface area contributed by atoms with Gasteiger partial charge in [0.05, 0.1) is 6.10 Å². The van der Waals surface area contributed by atoms with Crippen molar-refractivity contribution in [1.29, 1.82) is 0 Å². The summed E-state index contributed by atoms with van der Waals surface area (Å²) in [7, 11) is 0. The molecule has 0 heterocycles. The van der Waals surface area contributed by atoms with Crippen molar-refractivity contribution in [3.05, 3.63) is 0 Å². The van der Waals surface area contributed by atoms with Crippen molar-refractivity contribution in [2.45, 2.75) is 59.5 Å². The Balaban J connectivity index is 2.45. The molecule has 1 rings (SSSR count). The lowest BCUT2D eigenvalue weighted by Gasteiger charge is -2.35. The fourth-order valence-corrected chi connectivity index (χ4v) is 2.85. The fraction of sp³-hybridized carbons (Fsp3) is 1.00. The van der Waals surface area contributed by atoms with Gasteiger partial charge in [-0.3, -0.25) is 0 Å². The van der Waals surface area contributed by atoms with Gasteiger partial charge >= 0.3 is 0 Å². The third-order valence-corrected chi connectivity index (χ3v) is 3.56. The van der Waals surface area contributed by atoms with Crippen LogP contribution in [0.3, 0.4) is 0 Å². The summed E-state index contributed by atoms with van der Waals surface area (Å²) < 4.78 is 0. The van der Waals surface area contributed by atoms with Crippen LogP contribution in [0.1, 0.15) is 53.4 Å². The highest BCUT2D eigenvalue weighted by atomic mass is 16.3. The molecule has 1 heteroatoms. The molecule has 14 heavy (non-hydrogen) atoms. The SMILES string of the molecule is CC(C)CC1CC(C(C)C)C[C@H](O)C1. The Morgan fingerprint density at radius 1 is 1.07 bits per heavy atom. The summed E-state index contributed by atoms with van der Waals surface area (Å²) in [5.41, 5.74) is 0. The summed E-state index contributed by atoms with van der Waals surface area (Å²) in [6.45, 7) is 9.14. The average molecular weight is 198 g/mol. The van der Waals surface area contributed by atoms with Crippen molar-refractivity contribution in [2.24, 2.45) is 23.7 Å². The molecule has 1 nitrogen and oxygen atoms in total. The van der Waals surface area contributed by atoms with Crippen LogP contribution in [0, 0.1) is 23.7 Å². The zero-order valence-corrected chi connectivity index (χ0v) is 10.2. The van der Waals surface area contributed by atoms with Crippen molar-refractivity contribution >= 4 is 0 Å². The summed E-state index contributed by atoms with van der Waals surface area (Å²) in [4.78, 5) is 0. The molecule has 0 aromatic carbocycles. The van der Waals surface area contributed by atoms with Crippen molar-refractivity contribution < 1.29 is 5.11 Å². The predicted octanol–water partition coefficient (Wildman–Crippen LogP) is 3.47. The molecule has 1 aliphatic rings. The van der Waals surface area contributed by atoms with E-state index in [-0.39, 0.29) is 6.10 Å². The fourth-order valence-electron chi connectivity index (χ4n) is 2.85. The van der Waals surface area contributed by atoms with Crippen LogP contribution in [0.4, 0.5) is 0 Å². The van der Waals surface area contributed by atoms with Crippen LogP contribution in [-0.4, -0.2) is 11.2 Å². The molecule has 0 amide bonds. The van der Waals surface area contributed by atoms with Gasteiger partial charge in [0, 0.05) is 0 Å². The Labute approximate surface area is 88.9 Å². The molecule has 84 valence electrons. The average Bonchev–Trinajstić information content (AvgIpc) is 2.01. The van der Waals surface area contributed by atoms with Crippen LogP contribution >= 0.6 is 0 Å². The quantitative estimate of drug-likeness (QED) is 0.736. The lowest BCUT2D eigenvalue weighted by Crippen LogP contribution is -2.29. The number of aliphatic hydroxyl groups is 1. The predicted molar refractivity (Wildman–Crippen MR) is 61.1 cm³/mol. The van der Waals surface area contributed by atoms with Gasteiger partial charge in [0.15, 0.2) is 0 Å². The maximum atomic E-state index is 9.81. The lowest BCUT2D eigenvalue weighted by atomic mass is 9.72. The topological polar surface area (TPSA) is 20.2 Å². The molecule has 0 spiro atoms. The van der Waals surface area contributed by atoms with E-state index in [1.54, 1.807) is 0 Å². The summed E-state index contributed by atoms with van der Waals surface area (Å²) in [5.74, 6) is 3.03. The van der Waals surface area contributed by atoms with Gasteiger partial charge in [-0.1, -0.05) is 27.7 Å². The normalized spacial score (nSPS) is 34.1. The maximum Gasteiger partial charge on any atom is 0.0545 e. The van der Waals surface area contributed by atoms with E-state index < -0.39 is 0 Å². The maximum absolute atomic E-state index is 9.81. The standard InChI is InChI=1S/C13H26O/c1-9(2)5-11-6-12(10(3)4)8-13(14)7-11/h9-14H,5-8H2,1-4H3/t11?,12?,13-/m1/s1. The van der Waals surface area contributed by atoms with Crippen molar-refractivity contribution in [2.75, 3.05) is 0 Å². The monoisotopic (exact) mass is 198 g/mol. The van der Waals surface area contributed by atoms with E-state index >= 15 is 0 Å². The Morgan fingerprint density at radius 3 is 2.21 bits per heavy atom. The lowest BCUT2D eigenvalue weighted by molar-refractivity contribution is 0.0484. The Hall–Kier alpha value is -0.0400. The Bertz CT molecular complexity index is 161. The molecule has 1 N–H and O–H groups in total. The molecule has 0 aliphatic heterocycles. The second-order valence-electron chi connectivity index (χ2n) is 5.86. The zero-order valence-electron chi connectivity index (χ0n) is 10.2. The van der Waals surface area contributed by atoms with Gasteiger partial charge in [0.25, 0.3) is 0 Å². The van der Waals surface area contributed by atoms with Gasteiger partial charge < -0.3 is 5.11 Å². The van der Waals surface area contributed by atoms with Crippen LogP contribution in [0.2, 0.25) is 0 Å². The van der Waals surface area contributed by atoms with Crippen LogP contribution < -0.4 is 0 Å². The van der Waals surface area contributed by atoms with Gasteiger partial charge in [0.1, 0.15) is 0 Å². The van der Waals surface area contributed by atoms with Gasteiger partial charge in [-0.2, -0.15) is 0 Å². The zero-order chi connectivity index (χ0) is 10.7. The number of aliphatic hydroxyl groups excluding tert-OH is 1. The second kappa shape index (κ2) is 5.16. The number of hydrogen-bond donors (Lipinski definition) is 1. The van der Waals surface area contributed by atoms with Gasteiger partial charge in [0.2, 0.25) is 0 Å². The van der Waals surface area contributed by atoms with Crippen LogP contribution in [0.15, 0.2) is 0 Å². The molecule has 1 saturated carbocycles. The van der Waals surface area contributed by atoms with E-state index in [9.17, 15) is 5.11 Å². The molecule has 0 radical (unpaired) electrons. The van der Waals surface area contributed by atoms with Crippen LogP contribution in [0.5, 0.6) is 0 Å². The van der Waals surface area contributed by atoms with Gasteiger partial charge in [-0.05, 0) is 49.4 Å². The highest BCUT2D eigenvalue weighted by molar-refractivity contribution is 4.80. The minimum Gasteiger partial charge on any atom is -0.393 e. The third-order valence-electron chi connectivity index (χ3n) is 3.56. The van der Waals surface area contributed by atoms with E-state index in [0.717, 1.165) is 36.5 Å². The molecule has 0 aromatic heterocycles. The molecule has 3 atom stereocenters. The molecule has 0 saturated heterocycles. The first-order valence-corrected chi connectivity index (χ1v) is 6.17. The number of rotatable bonds is 3. The molecular weight excluding hydrogens is 172 g/mol. The van der Waals surface area contributed by atoms with Crippen molar-refractivity contribution in [1.82, 2.24) is 0 Å². The largest absolute Gasteiger partial charge is 0.393 e. The molecule has 1 aliphatic carbocycles. The minimum absolute atomic E-state index is 0.0279. The van der Waals surface area contributed by atoms with Crippen molar-refractivity contribution in [3.63, 3.8) is 0 Å². The third kappa shape index (κ3) is 3.61. The first-order valence-electron chi connectivity index (χ1n) is 6.17. The van der Waals surface area contributed by atoms with E-state index in [2.05, 4.69) is 27.7 Å². The van der Waals surface area contributed by atoms with Crippen LogP contribution in [0.25, 0.3) is 0 Å². The smallest absolute Gasteiger partial charge is 0.0545 e. The summed E-state index contributed by atoms with van der Waals surface area (Å²) >= 11 is 0. The Morgan fingerprint density at radius 2 is 1.71 bits per heavy atom. The van der Waals surface area contributed by atoms with E-state index in [1.807, 2.05) is 0 Å². The summed E-state index contributed by atoms with van der Waals surface area (Å²) in [6, 6.07) is 0. The van der Waals surface area contributed by atoms with Gasteiger partial charge in [-0.25, -0.2) is 0 Å². The molecule has 0 bridgehead atoms. The molecule has 0 aromatic rings. The van der Waals surface area contributed by atoms with E-state index in [4.69, 9.17) is 0 Å². The van der Waals surface area contributed by atoms with E-state index in [0.29, 0.717) is 0 Å². The molecular formula is C13H26O.